The van der Waals surface area contributed by atoms with E-state index in [2.05, 4.69) is 9.82 Å². The van der Waals surface area contributed by atoms with Crippen LogP contribution in [-0.2, 0) is 16.6 Å². The van der Waals surface area contributed by atoms with E-state index in [0.717, 1.165) is 6.07 Å². The Kier molecular flexibility index (Phi) is 5.43. The number of anilines is 1. The highest BCUT2D eigenvalue weighted by Gasteiger charge is 2.21. The van der Waals surface area contributed by atoms with E-state index in [1.807, 2.05) is 0 Å². The number of nitrogens with zero attached hydrogens (tertiary/aromatic N) is 2. The summed E-state index contributed by atoms with van der Waals surface area (Å²) in [5.74, 6) is -0.309. The molecule has 0 radical (unpaired) electrons. The van der Waals surface area contributed by atoms with Gasteiger partial charge in [0.1, 0.15) is 10.7 Å². The van der Waals surface area contributed by atoms with Gasteiger partial charge in [0.2, 0.25) is 0 Å². The van der Waals surface area contributed by atoms with Crippen molar-refractivity contribution < 1.29 is 12.8 Å². The van der Waals surface area contributed by atoms with Crippen molar-refractivity contribution in [2.45, 2.75) is 11.4 Å². The average molecular weight is 435 g/mol. The van der Waals surface area contributed by atoms with Crippen LogP contribution >= 0.6 is 34.8 Å². The second-order valence-corrected chi connectivity index (χ2v) is 8.16. The average Bonchev–Trinajstić information content (AvgIpc) is 2.99. The molecule has 0 aliphatic rings. The number of hydrogen-bond donors (Lipinski definition) is 1. The first kappa shape index (κ1) is 19.0. The van der Waals surface area contributed by atoms with E-state index >= 15 is 0 Å². The van der Waals surface area contributed by atoms with Crippen LogP contribution in [-0.4, -0.2) is 18.2 Å². The molecule has 136 valence electrons. The van der Waals surface area contributed by atoms with Crippen LogP contribution < -0.4 is 4.72 Å². The highest BCUT2D eigenvalue weighted by atomic mass is 35.5. The molecular weight excluding hydrogens is 424 g/mol. The van der Waals surface area contributed by atoms with Gasteiger partial charge in [-0.05, 0) is 18.2 Å². The van der Waals surface area contributed by atoms with Gasteiger partial charge in [-0.15, -0.1) is 0 Å². The van der Waals surface area contributed by atoms with Crippen molar-refractivity contribution in [1.82, 2.24) is 9.78 Å². The molecule has 26 heavy (non-hydrogen) atoms. The van der Waals surface area contributed by atoms with Gasteiger partial charge in [-0.25, -0.2) is 12.8 Å². The SMILES string of the molecule is O=S(=O)(Nc1ccn(Cc2ccccc2F)n1)c1cc(Cl)c(Cl)cc1Cl. The molecule has 5 nitrogen and oxygen atoms in total. The van der Waals surface area contributed by atoms with Crippen LogP contribution in [0.1, 0.15) is 5.56 Å². The monoisotopic (exact) mass is 433 g/mol. The predicted octanol–water partition coefficient (Wildman–Crippen LogP) is 4.83. The fourth-order valence-corrected chi connectivity index (χ4v) is 4.21. The number of halogens is 4. The summed E-state index contributed by atoms with van der Waals surface area (Å²) in [4.78, 5) is -0.225. The van der Waals surface area contributed by atoms with Crippen LogP contribution in [0, 0.1) is 5.82 Å². The molecular formula is C16H11Cl3FN3O2S. The highest BCUT2D eigenvalue weighted by molar-refractivity contribution is 7.92. The lowest BCUT2D eigenvalue weighted by atomic mass is 10.2. The molecule has 0 unspecified atom stereocenters. The van der Waals surface area contributed by atoms with Gasteiger partial charge in [-0.2, -0.15) is 5.10 Å². The molecule has 10 heteroatoms. The molecule has 0 amide bonds. The Labute approximate surface area is 164 Å². The zero-order valence-electron chi connectivity index (χ0n) is 13.0. The molecule has 0 saturated heterocycles. The summed E-state index contributed by atoms with van der Waals surface area (Å²) in [5, 5.41) is 4.21. The molecule has 1 N–H and O–H groups in total. The zero-order chi connectivity index (χ0) is 18.9. The molecule has 1 heterocycles. The lowest BCUT2D eigenvalue weighted by Gasteiger charge is -2.09. The van der Waals surface area contributed by atoms with Gasteiger partial charge >= 0.3 is 0 Å². The van der Waals surface area contributed by atoms with Gasteiger partial charge < -0.3 is 0 Å². The first-order valence-electron chi connectivity index (χ1n) is 7.20. The van der Waals surface area contributed by atoms with E-state index in [0.29, 0.717) is 5.56 Å². The molecule has 0 aliphatic heterocycles. The van der Waals surface area contributed by atoms with Crippen molar-refractivity contribution in [1.29, 1.82) is 0 Å². The van der Waals surface area contributed by atoms with Crippen LogP contribution in [0.25, 0.3) is 0 Å². The van der Waals surface area contributed by atoms with E-state index in [1.165, 1.54) is 29.1 Å². The smallest absolute Gasteiger partial charge is 0.264 e. The molecule has 3 aromatic rings. The molecule has 0 spiro atoms. The third-order valence-corrected chi connectivity index (χ3v) is 5.98. The van der Waals surface area contributed by atoms with E-state index in [9.17, 15) is 12.8 Å². The van der Waals surface area contributed by atoms with Crippen molar-refractivity contribution in [3.05, 3.63) is 75.1 Å². The van der Waals surface area contributed by atoms with E-state index in [1.54, 1.807) is 18.2 Å². The highest BCUT2D eigenvalue weighted by Crippen LogP contribution is 2.32. The minimum absolute atomic E-state index is 0.0570. The second-order valence-electron chi connectivity index (χ2n) is 5.29. The van der Waals surface area contributed by atoms with Crippen LogP contribution in [0.5, 0.6) is 0 Å². The molecule has 0 atom stereocenters. The molecule has 0 aliphatic carbocycles. The van der Waals surface area contributed by atoms with E-state index in [-0.39, 0.29) is 38.1 Å². The molecule has 1 aromatic heterocycles. The number of nitrogens with one attached hydrogen (secondary N) is 1. The van der Waals surface area contributed by atoms with Crippen molar-refractivity contribution in [2.75, 3.05) is 4.72 Å². The minimum atomic E-state index is -4.03. The van der Waals surface area contributed by atoms with Gasteiger partial charge in [0, 0.05) is 17.8 Å². The number of benzene rings is 2. The maximum Gasteiger partial charge on any atom is 0.264 e. The van der Waals surface area contributed by atoms with Gasteiger partial charge in [0.05, 0.1) is 21.6 Å². The van der Waals surface area contributed by atoms with E-state index in [4.69, 9.17) is 34.8 Å². The predicted molar refractivity (Wildman–Crippen MR) is 100 cm³/mol. The largest absolute Gasteiger partial charge is 0.266 e. The number of sulfonamides is 1. The first-order chi connectivity index (χ1) is 12.3. The van der Waals surface area contributed by atoms with Gasteiger partial charge in [-0.1, -0.05) is 53.0 Å². The maximum absolute atomic E-state index is 13.7. The minimum Gasteiger partial charge on any atom is -0.266 e. The summed E-state index contributed by atoms with van der Waals surface area (Å²) in [6, 6.07) is 10.1. The molecule has 0 bridgehead atoms. The van der Waals surface area contributed by atoms with Gasteiger partial charge in [0.15, 0.2) is 5.82 Å². The lowest BCUT2D eigenvalue weighted by Crippen LogP contribution is -2.14. The third kappa shape index (κ3) is 4.12. The van der Waals surface area contributed by atoms with Crippen molar-refractivity contribution >= 4 is 50.6 Å². The standard InChI is InChI=1S/C16H11Cl3FN3O2S/c17-11-7-13(19)15(8-12(11)18)26(24,25)22-16-5-6-23(21-16)9-10-3-1-2-4-14(10)20/h1-8H,9H2,(H,21,22). The van der Waals surface area contributed by atoms with Crippen LogP contribution in [0.2, 0.25) is 15.1 Å². The first-order valence-corrected chi connectivity index (χ1v) is 9.82. The van der Waals surface area contributed by atoms with Crippen molar-refractivity contribution in [3.63, 3.8) is 0 Å². The Bertz CT molecular complexity index is 1070. The molecule has 2 aromatic carbocycles. The third-order valence-electron chi connectivity index (χ3n) is 3.43. The number of rotatable bonds is 5. The van der Waals surface area contributed by atoms with E-state index < -0.39 is 10.0 Å². The summed E-state index contributed by atoms with van der Waals surface area (Å²) in [7, 11) is -4.03. The Morgan fingerprint density at radius 3 is 2.46 bits per heavy atom. The summed E-state index contributed by atoms with van der Waals surface area (Å²) in [6.45, 7) is 0.155. The maximum atomic E-state index is 13.7. The molecule has 0 saturated carbocycles. The normalized spacial score (nSPS) is 11.5. The van der Waals surface area contributed by atoms with Crippen molar-refractivity contribution in [3.8, 4) is 0 Å². The number of aromatic nitrogens is 2. The molecule has 0 fully saturated rings. The summed E-state index contributed by atoms with van der Waals surface area (Å²) < 4.78 is 42.4. The molecule has 3 rings (SSSR count). The van der Waals surface area contributed by atoms with Crippen LogP contribution in [0.15, 0.2) is 53.6 Å². The Morgan fingerprint density at radius 1 is 1.04 bits per heavy atom. The Morgan fingerprint density at radius 2 is 1.73 bits per heavy atom. The van der Waals surface area contributed by atoms with Gasteiger partial charge in [-0.3, -0.25) is 9.40 Å². The van der Waals surface area contributed by atoms with Crippen molar-refractivity contribution in [2.24, 2.45) is 0 Å². The Hall–Kier alpha value is -1.80. The van der Waals surface area contributed by atoms with Gasteiger partial charge in [0.25, 0.3) is 10.0 Å². The summed E-state index contributed by atoms with van der Waals surface area (Å²) in [6.07, 6.45) is 1.53. The fourth-order valence-electron chi connectivity index (χ4n) is 2.21. The zero-order valence-corrected chi connectivity index (χ0v) is 16.0. The van der Waals surface area contributed by atoms with Crippen LogP contribution in [0.3, 0.4) is 0 Å². The second kappa shape index (κ2) is 7.44. The lowest BCUT2D eigenvalue weighted by molar-refractivity contribution is 0.585. The quantitative estimate of drug-likeness (QED) is 0.585. The summed E-state index contributed by atoms with van der Waals surface area (Å²) >= 11 is 17.6. The fraction of sp³-hybridized carbons (Fsp3) is 0.0625. The van der Waals surface area contributed by atoms with Crippen LogP contribution in [0.4, 0.5) is 10.2 Å². The topological polar surface area (TPSA) is 64.0 Å². The summed E-state index contributed by atoms with van der Waals surface area (Å²) in [5.41, 5.74) is 0.428. The Balaban J connectivity index is 1.82. The number of hydrogen-bond acceptors (Lipinski definition) is 3.